The van der Waals surface area contributed by atoms with Crippen LogP contribution in [0.15, 0.2) is 188 Å². The molecule has 10 aromatic rings. The van der Waals surface area contributed by atoms with Gasteiger partial charge >= 0.3 is 0 Å². The third kappa shape index (κ3) is 6.82. The summed E-state index contributed by atoms with van der Waals surface area (Å²) in [5, 5.41) is 7.77. The van der Waals surface area contributed by atoms with Crippen LogP contribution in [0.2, 0.25) is 0 Å². The average molecular weight is 815 g/mol. The zero-order valence-corrected chi connectivity index (χ0v) is 37.4. The number of nitrogens with zero attached hydrogens (tertiary/aromatic N) is 2. The van der Waals surface area contributed by atoms with Crippen molar-refractivity contribution in [2.75, 3.05) is 9.80 Å². The lowest BCUT2D eigenvalue weighted by atomic mass is 9.83. The Bertz CT molecular complexity index is 3250. The van der Waals surface area contributed by atoms with Gasteiger partial charge in [-0.2, -0.15) is 0 Å². The third-order valence-corrected chi connectivity index (χ3v) is 13.1. The van der Waals surface area contributed by atoms with Crippen LogP contribution >= 0.6 is 0 Å². The highest BCUT2D eigenvalue weighted by Gasteiger charge is 2.29. The molecule has 0 heterocycles. The summed E-state index contributed by atoms with van der Waals surface area (Å²) >= 11 is 0. The molecule has 0 aliphatic rings. The molecule has 0 aliphatic carbocycles. The zero-order valence-electron chi connectivity index (χ0n) is 37.4. The molecule has 0 amide bonds. The molecule has 308 valence electrons. The largest absolute Gasteiger partial charge is 0.309 e. The predicted molar refractivity (Wildman–Crippen MR) is 273 cm³/mol. The molecule has 0 N–H and O–H groups in total. The van der Waals surface area contributed by atoms with Crippen molar-refractivity contribution in [3.05, 3.63) is 216 Å². The Kier molecular flexibility index (Phi) is 10.3. The molecule has 10 rings (SSSR count). The number of benzene rings is 10. The van der Waals surface area contributed by atoms with Gasteiger partial charge in [-0.3, -0.25) is 0 Å². The van der Waals surface area contributed by atoms with Crippen LogP contribution in [-0.4, -0.2) is 0 Å². The molecule has 0 fully saturated rings. The second kappa shape index (κ2) is 16.3. The molecule has 0 saturated heterocycles. The van der Waals surface area contributed by atoms with E-state index in [9.17, 15) is 0 Å². The molecule has 10 aromatic carbocycles. The SMILES string of the molecule is Cc1ccccc1N(c1c(C)cccc1-c1ccccc1)c1cc(C(C)C)c2ccc3c(N(c4ccccc4)c4c(C)cccc4-c4ccccc4)cc(C(C)C)c4ccc1c2c43. The van der Waals surface area contributed by atoms with E-state index < -0.39 is 0 Å². The first-order chi connectivity index (χ1) is 30.7. The molecular weight excluding hydrogens is 761 g/mol. The summed E-state index contributed by atoms with van der Waals surface area (Å²) in [6.07, 6.45) is 0. The summed E-state index contributed by atoms with van der Waals surface area (Å²) in [6, 6.07) is 69.7. The van der Waals surface area contributed by atoms with Crippen LogP contribution in [0.25, 0.3) is 54.6 Å². The Hall–Kier alpha value is -7.16. The first kappa shape index (κ1) is 39.9. The van der Waals surface area contributed by atoms with Crippen molar-refractivity contribution in [2.24, 2.45) is 0 Å². The summed E-state index contributed by atoms with van der Waals surface area (Å²) in [7, 11) is 0. The number of aryl methyl sites for hydroxylation is 3. The van der Waals surface area contributed by atoms with Gasteiger partial charge in [0, 0.05) is 33.3 Å². The minimum Gasteiger partial charge on any atom is -0.309 e. The molecule has 0 aliphatic heterocycles. The van der Waals surface area contributed by atoms with E-state index in [0.29, 0.717) is 0 Å². The molecule has 0 unspecified atom stereocenters. The Balaban J connectivity index is 1.36. The molecule has 2 nitrogen and oxygen atoms in total. The smallest absolute Gasteiger partial charge is 0.0569 e. The molecule has 0 spiro atoms. The molecule has 0 aromatic heterocycles. The number of para-hydroxylation sites is 4. The lowest BCUT2D eigenvalue weighted by Gasteiger charge is -2.34. The lowest BCUT2D eigenvalue weighted by molar-refractivity contribution is 0.875. The van der Waals surface area contributed by atoms with Crippen molar-refractivity contribution in [3.8, 4) is 22.3 Å². The molecule has 0 atom stereocenters. The Morgan fingerprint density at radius 3 is 1.21 bits per heavy atom. The fourth-order valence-corrected chi connectivity index (χ4v) is 10.1. The summed E-state index contributed by atoms with van der Waals surface area (Å²) in [5.41, 5.74) is 18.3. The van der Waals surface area contributed by atoms with E-state index >= 15 is 0 Å². The van der Waals surface area contributed by atoms with Crippen LogP contribution in [0.5, 0.6) is 0 Å². The number of rotatable bonds is 10. The van der Waals surface area contributed by atoms with Crippen LogP contribution in [0.4, 0.5) is 34.1 Å². The van der Waals surface area contributed by atoms with Crippen molar-refractivity contribution in [3.63, 3.8) is 0 Å². The van der Waals surface area contributed by atoms with Crippen molar-refractivity contribution in [2.45, 2.75) is 60.3 Å². The summed E-state index contributed by atoms with van der Waals surface area (Å²) in [4.78, 5) is 5.11. The van der Waals surface area contributed by atoms with Gasteiger partial charge in [-0.25, -0.2) is 0 Å². The number of hydrogen-bond donors (Lipinski definition) is 0. The fraction of sp³-hybridized carbons (Fsp3) is 0.148. The van der Waals surface area contributed by atoms with Gasteiger partial charge in [0.05, 0.1) is 22.7 Å². The predicted octanol–water partition coefficient (Wildman–Crippen LogP) is 18.0. The summed E-state index contributed by atoms with van der Waals surface area (Å²) in [5.74, 6) is 0.562. The van der Waals surface area contributed by atoms with E-state index in [1.165, 1.54) is 111 Å². The first-order valence-corrected chi connectivity index (χ1v) is 22.5. The zero-order chi connectivity index (χ0) is 43.4. The molecule has 2 heteroatoms. The maximum absolute atomic E-state index is 2.57. The topological polar surface area (TPSA) is 6.48 Å². The highest BCUT2D eigenvalue weighted by Crippen LogP contribution is 2.53. The van der Waals surface area contributed by atoms with Gasteiger partial charge in [0.1, 0.15) is 0 Å². The van der Waals surface area contributed by atoms with E-state index in [1.807, 2.05) is 0 Å². The summed E-state index contributed by atoms with van der Waals surface area (Å²) in [6.45, 7) is 16.2. The average Bonchev–Trinajstić information content (AvgIpc) is 3.31. The summed E-state index contributed by atoms with van der Waals surface area (Å²) < 4.78 is 0. The second-order valence-electron chi connectivity index (χ2n) is 17.8. The van der Waals surface area contributed by atoms with Crippen LogP contribution in [0.3, 0.4) is 0 Å². The van der Waals surface area contributed by atoms with E-state index in [2.05, 4.69) is 246 Å². The van der Waals surface area contributed by atoms with Gasteiger partial charge in [0.2, 0.25) is 0 Å². The molecule has 0 bridgehead atoms. The minimum atomic E-state index is 0.280. The van der Waals surface area contributed by atoms with Gasteiger partial charge in [0.25, 0.3) is 0 Å². The highest BCUT2D eigenvalue weighted by atomic mass is 15.2. The normalized spacial score (nSPS) is 11.7. The molecule has 0 saturated carbocycles. The Morgan fingerprint density at radius 1 is 0.333 bits per heavy atom. The molecular formula is C61H54N2. The van der Waals surface area contributed by atoms with Crippen LogP contribution in [0, 0.1) is 20.8 Å². The third-order valence-electron chi connectivity index (χ3n) is 13.1. The quantitative estimate of drug-likeness (QED) is 0.127. The molecule has 0 radical (unpaired) electrons. The van der Waals surface area contributed by atoms with Gasteiger partial charge in [-0.15, -0.1) is 0 Å². The maximum Gasteiger partial charge on any atom is 0.0569 e. The van der Waals surface area contributed by atoms with E-state index in [-0.39, 0.29) is 11.8 Å². The number of hydrogen-bond acceptors (Lipinski definition) is 2. The maximum atomic E-state index is 2.57. The van der Waals surface area contributed by atoms with Crippen molar-refractivity contribution in [1.29, 1.82) is 0 Å². The van der Waals surface area contributed by atoms with E-state index in [1.54, 1.807) is 0 Å². The van der Waals surface area contributed by atoms with Crippen LogP contribution < -0.4 is 9.80 Å². The van der Waals surface area contributed by atoms with Crippen molar-refractivity contribution >= 4 is 66.4 Å². The second-order valence-corrected chi connectivity index (χ2v) is 17.8. The standard InChI is InChI=1S/C61H54N2/c1-39(2)53-37-56(62(46-28-15-10-16-29-46)60-42(6)22-19-30-47(60)44-24-11-8-12-25-44)51-35-33-50-54(40(3)4)38-57(52-36-34-49(53)58(51)59(50)52)63(55-32-18-17-21-41(55)5)61-43(7)23-20-31-48(61)45-26-13-9-14-27-45/h8-40H,1-7H3. The highest BCUT2D eigenvalue weighted by molar-refractivity contribution is 6.29. The van der Waals surface area contributed by atoms with E-state index in [0.717, 1.165) is 5.69 Å². The minimum absolute atomic E-state index is 0.280. The first-order valence-electron chi connectivity index (χ1n) is 22.5. The van der Waals surface area contributed by atoms with Crippen LogP contribution in [0.1, 0.15) is 67.3 Å². The van der Waals surface area contributed by atoms with E-state index in [4.69, 9.17) is 0 Å². The van der Waals surface area contributed by atoms with Crippen molar-refractivity contribution in [1.82, 2.24) is 0 Å². The Labute approximate surface area is 373 Å². The van der Waals surface area contributed by atoms with Gasteiger partial charge < -0.3 is 9.80 Å². The monoisotopic (exact) mass is 814 g/mol. The van der Waals surface area contributed by atoms with Gasteiger partial charge in [-0.1, -0.05) is 185 Å². The van der Waals surface area contributed by atoms with Gasteiger partial charge in [0.15, 0.2) is 0 Å². The fourth-order valence-electron chi connectivity index (χ4n) is 10.1. The lowest BCUT2D eigenvalue weighted by Crippen LogP contribution is -2.16. The van der Waals surface area contributed by atoms with Crippen LogP contribution in [-0.2, 0) is 0 Å². The van der Waals surface area contributed by atoms with Gasteiger partial charge in [-0.05, 0) is 123 Å². The Morgan fingerprint density at radius 2 is 0.730 bits per heavy atom. The molecule has 63 heavy (non-hydrogen) atoms. The van der Waals surface area contributed by atoms with Crippen molar-refractivity contribution < 1.29 is 0 Å². The number of anilines is 6.